The first-order valence-electron chi connectivity index (χ1n) is 4.22. The maximum Gasteiger partial charge on any atom is 0.216 e. The van der Waals surface area contributed by atoms with Gasteiger partial charge in [0, 0.05) is 14.9 Å². The number of hydrogen-bond donors (Lipinski definition) is 2. The number of rotatable bonds is 6. The van der Waals surface area contributed by atoms with Crippen LogP contribution in [0, 0.1) is 0 Å². The van der Waals surface area contributed by atoms with Crippen LogP contribution in [0.5, 0.6) is 0 Å². The maximum absolute atomic E-state index is 10.4. The molecule has 0 fully saturated rings. The summed E-state index contributed by atoms with van der Waals surface area (Å²) in [6, 6.07) is 0. The van der Waals surface area contributed by atoms with Crippen LogP contribution in [0.2, 0.25) is 0 Å². The quantitative estimate of drug-likeness (QED) is 0.567. The molecule has 0 rings (SSSR count). The van der Waals surface area contributed by atoms with Crippen molar-refractivity contribution in [1.29, 1.82) is 0 Å². The monoisotopic (exact) mass is 160 g/mol. The predicted octanol–water partition coefficient (Wildman–Crippen LogP) is 0.888. The molecule has 0 aromatic rings. The Labute approximate surface area is 69.8 Å². The van der Waals surface area contributed by atoms with E-state index in [1.807, 2.05) is 0 Å². The highest BCUT2D eigenvalue weighted by atomic mass is 16.1. The van der Waals surface area contributed by atoms with Crippen LogP contribution in [0.15, 0.2) is 0 Å². The van der Waals surface area contributed by atoms with Gasteiger partial charge in [0.15, 0.2) is 0 Å². The predicted molar refractivity (Wildman–Crippen MR) is 48.3 cm³/mol. The van der Waals surface area contributed by atoms with Gasteiger partial charge in [0.1, 0.15) is 0 Å². The van der Waals surface area contributed by atoms with E-state index in [4.69, 9.17) is 5.73 Å². The molecule has 0 atom stereocenters. The summed E-state index contributed by atoms with van der Waals surface area (Å²) >= 11 is 0. The normalized spacial score (nSPS) is 9.64. The van der Waals surface area contributed by atoms with Crippen molar-refractivity contribution < 1.29 is 6.22 Å². The lowest BCUT2D eigenvalue weighted by atomic mass is 10.2. The molecule has 0 aliphatic rings. The van der Waals surface area contributed by atoms with E-state index in [0.29, 0.717) is 0 Å². The Morgan fingerprint density at radius 2 is 2.00 bits per heavy atom. The second kappa shape index (κ2) is 7.54. The summed E-state index contributed by atoms with van der Waals surface area (Å²) in [6.45, 7) is 3.12. The molecule has 3 nitrogen and oxygen atoms in total. The minimum atomic E-state index is 0. The first-order chi connectivity index (χ1) is 5.27. The van der Waals surface area contributed by atoms with Gasteiger partial charge in [-0.25, -0.2) is 0 Å². The summed E-state index contributed by atoms with van der Waals surface area (Å²) in [5.41, 5.74) is 5.32. The molecule has 1 amide bonds. The molecule has 0 radical (unpaired) electrons. The standard InChI is InChI=1S/C8H18N2O.H2/c1-8(11)10-7-5-3-2-4-6-9;/h2-7,9H2,1H3,(H,10,11);1H. The van der Waals surface area contributed by atoms with Crippen LogP contribution in [0.3, 0.4) is 0 Å². The highest BCUT2D eigenvalue weighted by Gasteiger charge is 1.90. The van der Waals surface area contributed by atoms with E-state index in [1.54, 1.807) is 6.92 Å². The van der Waals surface area contributed by atoms with Crippen molar-refractivity contribution in [2.45, 2.75) is 32.6 Å². The smallest absolute Gasteiger partial charge is 0.216 e. The Bertz CT molecular complexity index is 109. The van der Waals surface area contributed by atoms with Crippen molar-refractivity contribution in [1.82, 2.24) is 5.32 Å². The molecule has 3 heteroatoms. The largest absolute Gasteiger partial charge is 0.356 e. The maximum atomic E-state index is 10.4. The third-order valence-corrected chi connectivity index (χ3v) is 1.50. The van der Waals surface area contributed by atoms with Crippen LogP contribution in [0.25, 0.3) is 0 Å². The van der Waals surface area contributed by atoms with Gasteiger partial charge in [-0.2, -0.15) is 0 Å². The molecule has 0 aromatic heterocycles. The highest BCUT2D eigenvalue weighted by Crippen LogP contribution is 1.96. The topological polar surface area (TPSA) is 55.1 Å². The third-order valence-electron chi connectivity index (χ3n) is 1.50. The van der Waals surface area contributed by atoms with Gasteiger partial charge >= 0.3 is 0 Å². The van der Waals surface area contributed by atoms with Gasteiger partial charge in [-0.1, -0.05) is 12.8 Å². The SMILES string of the molecule is CC(=O)NCCCCCCN.[HH]. The van der Waals surface area contributed by atoms with Crippen molar-refractivity contribution in [3.05, 3.63) is 0 Å². The Hall–Kier alpha value is -0.570. The first kappa shape index (κ1) is 10.4. The second-order valence-corrected chi connectivity index (χ2v) is 2.69. The van der Waals surface area contributed by atoms with Gasteiger partial charge < -0.3 is 11.1 Å². The fraction of sp³-hybridized carbons (Fsp3) is 0.875. The van der Waals surface area contributed by atoms with Crippen molar-refractivity contribution in [2.24, 2.45) is 5.73 Å². The van der Waals surface area contributed by atoms with E-state index >= 15 is 0 Å². The van der Waals surface area contributed by atoms with Crippen LogP contribution < -0.4 is 11.1 Å². The molecule has 0 spiro atoms. The molecule has 3 N–H and O–H groups in total. The fourth-order valence-corrected chi connectivity index (χ4v) is 0.887. The van der Waals surface area contributed by atoms with Gasteiger partial charge in [-0.05, 0) is 19.4 Å². The van der Waals surface area contributed by atoms with E-state index in [9.17, 15) is 4.79 Å². The van der Waals surface area contributed by atoms with E-state index < -0.39 is 0 Å². The summed E-state index contributed by atoms with van der Waals surface area (Å²) in [7, 11) is 0. The molecule has 0 unspecified atom stereocenters. The summed E-state index contributed by atoms with van der Waals surface area (Å²) < 4.78 is 0. The number of hydrogen-bond acceptors (Lipinski definition) is 2. The van der Waals surface area contributed by atoms with E-state index in [-0.39, 0.29) is 7.33 Å². The first-order valence-corrected chi connectivity index (χ1v) is 4.22. The van der Waals surface area contributed by atoms with Gasteiger partial charge in [0.05, 0.1) is 0 Å². The number of amides is 1. The van der Waals surface area contributed by atoms with Crippen LogP contribution in [0.4, 0.5) is 0 Å². The zero-order valence-corrected chi connectivity index (χ0v) is 7.23. The van der Waals surface area contributed by atoms with Crippen LogP contribution in [-0.4, -0.2) is 19.0 Å². The third kappa shape index (κ3) is 9.43. The zero-order chi connectivity index (χ0) is 8.53. The molecule has 0 aliphatic carbocycles. The van der Waals surface area contributed by atoms with Gasteiger partial charge in [0.2, 0.25) is 5.91 Å². The molecule has 0 bridgehead atoms. The van der Waals surface area contributed by atoms with Crippen LogP contribution in [0.1, 0.15) is 34.0 Å². The molecule has 0 saturated heterocycles. The molecule has 11 heavy (non-hydrogen) atoms. The lowest BCUT2D eigenvalue weighted by molar-refractivity contribution is -0.118. The van der Waals surface area contributed by atoms with Crippen molar-refractivity contribution >= 4 is 5.91 Å². The average molecular weight is 160 g/mol. The molecular formula is C8H20N2O. The molecule has 0 aliphatic heterocycles. The van der Waals surface area contributed by atoms with Crippen molar-refractivity contribution in [3.63, 3.8) is 0 Å². The van der Waals surface area contributed by atoms with Crippen LogP contribution in [-0.2, 0) is 4.79 Å². The van der Waals surface area contributed by atoms with E-state index in [1.165, 1.54) is 6.42 Å². The lowest BCUT2D eigenvalue weighted by Gasteiger charge is -2.00. The Balaban J connectivity index is 0. The molecule has 0 aromatic carbocycles. The van der Waals surface area contributed by atoms with Crippen molar-refractivity contribution in [2.75, 3.05) is 13.1 Å². The van der Waals surface area contributed by atoms with Gasteiger partial charge in [-0.15, -0.1) is 0 Å². The van der Waals surface area contributed by atoms with E-state index in [0.717, 1.165) is 32.4 Å². The summed E-state index contributed by atoms with van der Waals surface area (Å²) in [5, 5.41) is 2.75. The summed E-state index contributed by atoms with van der Waals surface area (Å²) in [4.78, 5) is 10.4. The lowest BCUT2D eigenvalue weighted by Crippen LogP contribution is -2.20. The number of carbonyl (C=O) groups excluding carboxylic acids is 1. The molecule has 0 saturated carbocycles. The zero-order valence-electron chi connectivity index (χ0n) is 7.23. The number of unbranched alkanes of at least 4 members (excludes halogenated alkanes) is 3. The second-order valence-electron chi connectivity index (χ2n) is 2.69. The van der Waals surface area contributed by atoms with Crippen molar-refractivity contribution in [3.8, 4) is 0 Å². The average Bonchev–Trinajstić information content (AvgIpc) is 1.96. The molecule has 0 heterocycles. The molecular weight excluding hydrogens is 140 g/mol. The Morgan fingerprint density at radius 3 is 2.55 bits per heavy atom. The Kier molecular flexibility index (Phi) is 7.15. The summed E-state index contributed by atoms with van der Waals surface area (Å²) in [5.74, 6) is 0.0591. The fourth-order valence-electron chi connectivity index (χ4n) is 0.887. The minimum absolute atomic E-state index is 0. The minimum Gasteiger partial charge on any atom is -0.356 e. The summed E-state index contributed by atoms with van der Waals surface area (Å²) in [6.07, 6.45) is 4.51. The number of carbonyl (C=O) groups is 1. The van der Waals surface area contributed by atoms with Gasteiger partial charge in [-0.3, -0.25) is 4.79 Å². The number of nitrogens with two attached hydrogens (primary N) is 1. The van der Waals surface area contributed by atoms with Gasteiger partial charge in [0.25, 0.3) is 0 Å². The van der Waals surface area contributed by atoms with E-state index in [2.05, 4.69) is 5.32 Å². The van der Waals surface area contributed by atoms with Crippen LogP contribution >= 0.6 is 0 Å². The Morgan fingerprint density at radius 1 is 1.36 bits per heavy atom. The molecule has 68 valence electrons. The highest BCUT2D eigenvalue weighted by molar-refractivity contribution is 5.72. The number of nitrogens with one attached hydrogen (secondary N) is 1.